The van der Waals surface area contributed by atoms with Crippen LogP contribution < -0.4 is 5.32 Å². The average molecular weight is 448 g/mol. The molecule has 4 nitrogen and oxygen atoms in total. The number of benzene rings is 3. The Kier molecular flexibility index (Phi) is 7.23. The average Bonchev–Trinajstić information content (AvgIpc) is 3.22. The number of hydrogen-bond acceptors (Lipinski definition) is 3. The van der Waals surface area contributed by atoms with Gasteiger partial charge in [-0.25, -0.2) is 4.79 Å². The largest absolute Gasteiger partial charge is 0.459 e. The summed E-state index contributed by atoms with van der Waals surface area (Å²) in [7, 11) is 0. The monoisotopic (exact) mass is 447 g/mol. The Hall–Kier alpha value is -3.11. The number of aryl methyl sites for hydroxylation is 1. The van der Waals surface area contributed by atoms with E-state index in [-0.39, 0.29) is 18.4 Å². The molecule has 1 amide bonds. The molecule has 1 aliphatic carbocycles. The Balaban J connectivity index is 1.42. The first-order valence-electron chi connectivity index (χ1n) is 10.9. The van der Waals surface area contributed by atoms with Gasteiger partial charge in [-0.1, -0.05) is 78.3 Å². The Morgan fingerprint density at radius 2 is 1.66 bits per heavy atom. The van der Waals surface area contributed by atoms with Crippen LogP contribution in [0.5, 0.6) is 0 Å². The molecule has 0 saturated carbocycles. The predicted octanol–water partition coefficient (Wildman–Crippen LogP) is 5.23. The van der Waals surface area contributed by atoms with E-state index >= 15 is 0 Å². The van der Waals surface area contributed by atoms with Gasteiger partial charge in [0.1, 0.15) is 12.6 Å². The van der Waals surface area contributed by atoms with Crippen molar-refractivity contribution in [1.29, 1.82) is 0 Å². The van der Waals surface area contributed by atoms with E-state index in [1.165, 1.54) is 11.1 Å². The van der Waals surface area contributed by atoms with Gasteiger partial charge in [-0.3, -0.25) is 4.79 Å². The van der Waals surface area contributed by atoms with E-state index in [4.69, 9.17) is 16.3 Å². The number of halogens is 1. The highest BCUT2D eigenvalue weighted by Gasteiger charge is 2.27. The van der Waals surface area contributed by atoms with E-state index in [1.807, 2.05) is 54.6 Å². The predicted molar refractivity (Wildman–Crippen MR) is 125 cm³/mol. The van der Waals surface area contributed by atoms with Gasteiger partial charge in [0.25, 0.3) is 0 Å². The molecule has 32 heavy (non-hydrogen) atoms. The van der Waals surface area contributed by atoms with E-state index in [0.717, 1.165) is 24.0 Å². The van der Waals surface area contributed by atoms with Gasteiger partial charge in [-0.05, 0) is 53.1 Å². The first kappa shape index (κ1) is 22.1. The summed E-state index contributed by atoms with van der Waals surface area (Å²) < 4.78 is 5.53. The molecule has 0 saturated heterocycles. The quantitative estimate of drug-likeness (QED) is 0.481. The smallest absolute Gasteiger partial charge is 0.329 e. The first-order chi connectivity index (χ1) is 15.6. The molecule has 0 spiro atoms. The van der Waals surface area contributed by atoms with Gasteiger partial charge in [-0.15, -0.1) is 0 Å². The highest BCUT2D eigenvalue weighted by Crippen LogP contribution is 2.35. The van der Waals surface area contributed by atoms with E-state index < -0.39 is 12.0 Å². The lowest BCUT2D eigenvalue weighted by Gasteiger charge is -2.19. The Morgan fingerprint density at radius 1 is 0.938 bits per heavy atom. The molecule has 5 heteroatoms. The van der Waals surface area contributed by atoms with Crippen LogP contribution in [0, 0.1) is 0 Å². The van der Waals surface area contributed by atoms with E-state index in [9.17, 15) is 9.59 Å². The molecule has 4 rings (SSSR count). The second-order valence-corrected chi connectivity index (χ2v) is 8.62. The van der Waals surface area contributed by atoms with Crippen LogP contribution in [0.25, 0.3) is 0 Å². The number of amides is 1. The minimum absolute atomic E-state index is 0.137. The van der Waals surface area contributed by atoms with Crippen molar-refractivity contribution in [2.75, 3.05) is 0 Å². The van der Waals surface area contributed by atoms with Gasteiger partial charge in [0.15, 0.2) is 0 Å². The fourth-order valence-electron chi connectivity index (χ4n) is 4.21. The van der Waals surface area contributed by atoms with Gasteiger partial charge in [-0.2, -0.15) is 0 Å². The maximum Gasteiger partial charge on any atom is 0.329 e. The van der Waals surface area contributed by atoms with Crippen LogP contribution >= 0.6 is 11.6 Å². The molecule has 0 fully saturated rings. The molecule has 0 aromatic heterocycles. The van der Waals surface area contributed by atoms with Crippen LogP contribution in [0.3, 0.4) is 0 Å². The van der Waals surface area contributed by atoms with Gasteiger partial charge in [0.05, 0.1) is 0 Å². The molecule has 164 valence electrons. The second-order valence-electron chi connectivity index (χ2n) is 8.18. The summed E-state index contributed by atoms with van der Waals surface area (Å²) in [6.07, 6.45) is 2.65. The van der Waals surface area contributed by atoms with Crippen LogP contribution in [-0.2, 0) is 33.8 Å². The SMILES string of the molecule is O=C(C[C@H]1CCc2ccccc21)N[C@H](Cc1ccc(Cl)cc1)C(=O)OCc1ccccc1. The van der Waals surface area contributed by atoms with Crippen LogP contribution in [0.2, 0.25) is 5.02 Å². The first-order valence-corrected chi connectivity index (χ1v) is 11.3. The van der Waals surface area contributed by atoms with Crippen molar-refractivity contribution >= 4 is 23.5 Å². The van der Waals surface area contributed by atoms with Crippen molar-refractivity contribution in [1.82, 2.24) is 5.32 Å². The summed E-state index contributed by atoms with van der Waals surface area (Å²) in [4.78, 5) is 25.8. The lowest BCUT2D eigenvalue weighted by molar-refractivity contribution is -0.149. The molecule has 2 atom stereocenters. The standard InChI is InChI=1S/C27H26ClNO3/c28-23-14-10-19(11-15-23)16-25(27(31)32-18-20-6-2-1-3-7-20)29-26(30)17-22-13-12-21-8-4-5-9-24(21)22/h1-11,14-15,22,25H,12-13,16-18H2,(H,29,30)/t22-,25-/m1/s1. The molecule has 0 radical (unpaired) electrons. The topological polar surface area (TPSA) is 55.4 Å². The summed E-state index contributed by atoms with van der Waals surface area (Å²) >= 11 is 5.99. The molecular weight excluding hydrogens is 422 g/mol. The molecule has 0 unspecified atom stereocenters. The zero-order valence-electron chi connectivity index (χ0n) is 17.8. The lowest BCUT2D eigenvalue weighted by Crippen LogP contribution is -2.43. The third-order valence-corrected chi connectivity index (χ3v) is 6.14. The molecule has 3 aromatic carbocycles. The number of carbonyl (C=O) groups excluding carboxylic acids is 2. The van der Waals surface area contributed by atoms with Crippen molar-refractivity contribution < 1.29 is 14.3 Å². The van der Waals surface area contributed by atoms with Crippen molar-refractivity contribution in [2.24, 2.45) is 0 Å². The molecule has 0 heterocycles. The maximum absolute atomic E-state index is 12.9. The number of hydrogen-bond donors (Lipinski definition) is 1. The van der Waals surface area contributed by atoms with E-state index in [1.54, 1.807) is 12.1 Å². The number of ether oxygens (including phenoxy) is 1. The zero-order chi connectivity index (χ0) is 22.3. The summed E-state index contributed by atoms with van der Waals surface area (Å²) in [5.41, 5.74) is 4.36. The van der Waals surface area contributed by atoms with Gasteiger partial charge in [0, 0.05) is 17.9 Å². The zero-order valence-corrected chi connectivity index (χ0v) is 18.6. The Bertz CT molecular complexity index is 1070. The third-order valence-electron chi connectivity index (χ3n) is 5.89. The Labute approximate surface area is 193 Å². The van der Waals surface area contributed by atoms with Crippen LogP contribution in [0.4, 0.5) is 0 Å². The number of esters is 1. The minimum atomic E-state index is -0.760. The summed E-state index contributed by atoms with van der Waals surface area (Å²) in [6.45, 7) is 0.169. The molecule has 3 aromatic rings. The highest BCUT2D eigenvalue weighted by atomic mass is 35.5. The Morgan fingerprint density at radius 3 is 2.44 bits per heavy atom. The second kappa shape index (κ2) is 10.5. The number of fused-ring (bicyclic) bond motifs is 1. The van der Waals surface area contributed by atoms with Crippen molar-refractivity contribution in [2.45, 2.75) is 44.2 Å². The fraction of sp³-hybridized carbons (Fsp3) is 0.259. The van der Waals surface area contributed by atoms with Crippen molar-refractivity contribution in [3.05, 3.63) is 106 Å². The van der Waals surface area contributed by atoms with Gasteiger partial charge < -0.3 is 10.1 Å². The van der Waals surface area contributed by atoms with Crippen LogP contribution in [0.1, 0.15) is 41.0 Å². The number of carbonyl (C=O) groups is 2. The molecule has 0 aliphatic heterocycles. The van der Waals surface area contributed by atoms with Crippen LogP contribution in [-0.4, -0.2) is 17.9 Å². The highest BCUT2D eigenvalue weighted by molar-refractivity contribution is 6.30. The summed E-state index contributed by atoms with van der Waals surface area (Å²) in [5, 5.41) is 3.55. The lowest BCUT2D eigenvalue weighted by atomic mass is 9.97. The minimum Gasteiger partial charge on any atom is -0.459 e. The molecular formula is C27H26ClNO3. The van der Waals surface area contributed by atoms with Gasteiger partial charge in [0.2, 0.25) is 5.91 Å². The number of nitrogens with one attached hydrogen (secondary N) is 1. The maximum atomic E-state index is 12.9. The fourth-order valence-corrected chi connectivity index (χ4v) is 4.34. The van der Waals surface area contributed by atoms with E-state index in [0.29, 0.717) is 17.9 Å². The van der Waals surface area contributed by atoms with Crippen LogP contribution in [0.15, 0.2) is 78.9 Å². The van der Waals surface area contributed by atoms with Crippen molar-refractivity contribution in [3.8, 4) is 0 Å². The normalized spacial score (nSPS) is 15.6. The molecule has 1 N–H and O–H groups in total. The van der Waals surface area contributed by atoms with Crippen molar-refractivity contribution in [3.63, 3.8) is 0 Å². The molecule has 1 aliphatic rings. The summed E-state index contributed by atoms with van der Waals surface area (Å²) in [5.74, 6) is -0.394. The van der Waals surface area contributed by atoms with Gasteiger partial charge >= 0.3 is 5.97 Å². The number of rotatable bonds is 8. The molecule has 0 bridgehead atoms. The van der Waals surface area contributed by atoms with E-state index in [2.05, 4.69) is 17.4 Å². The third kappa shape index (κ3) is 5.77. The summed E-state index contributed by atoms with van der Waals surface area (Å²) in [6, 6.07) is 24.3.